The first-order chi connectivity index (χ1) is 6.20. The first kappa shape index (κ1) is 9.15. The SMILES string of the molecule is Fc1ccc2c(I)cncc2c1Cl. The highest BCUT2D eigenvalue weighted by atomic mass is 127. The molecule has 0 fully saturated rings. The lowest BCUT2D eigenvalue weighted by molar-refractivity contribution is 0.630. The van der Waals surface area contributed by atoms with Crippen molar-refractivity contribution in [3.63, 3.8) is 0 Å². The standard InChI is InChI=1S/C9H4ClFIN/c10-9-6-3-13-4-8(12)5(6)1-2-7(9)11/h1-4H. The molecule has 0 radical (unpaired) electrons. The highest BCUT2D eigenvalue weighted by Gasteiger charge is 2.06. The Morgan fingerprint density at radius 2 is 2.00 bits per heavy atom. The minimum atomic E-state index is -0.405. The fourth-order valence-corrected chi connectivity index (χ4v) is 1.99. The van der Waals surface area contributed by atoms with E-state index in [-0.39, 0.29) is 5.02 Å². The average Bonchev–Trinajstić information content (AvgIpc) is 2.12. The van der Waals surface area contributed by atoms with E-state index < -0.39 is 5.82 Å². The second kappa shape index (κ2) is 3.38. The number of rotatable bonds is 0. The Balaban J connectivity index is 2.94. The van der Waals surface area contributed by atoms with Crippen LogP contribution in [0.25, 0.3) is 10.8 Å². The molecule has 0 aliphatic rings. The number of halogens is 3. The third-order valence-electron chi connectivity index (χ3n) is 1.78. The van der Waals surface area contributed by atoms with Crippen LogP contribution in [-0.4, -0.2) is 4.98 Å². The van der Waals surface area contributed by atoms with E-state index in [2.05, 4.69) is 27.6 Å². The van der Waals surface area contributed by atoms with E-state index in [1.165, 1.54) is 6.07 Å². The predicted molar refractivity (Wildman–Crippen MR) is 59.4 cm³/mol. The third kappa shape index (κ3) is 1.50. The molecule has 66 valence electrons. The maximum atomic E-state index is 13.0. The Hall–Kier alpha value is -0.420. The van der Waals surface area contributed by atoms with Gasteiger partial charge in [0.2, 0.25) is 0 Å². The number of hydrogen-bond acceptors (Lipinski definition) is 1. The lowest BCUT2D eigenvalue weighted by Gasteiger charge is -2.02. The van der Waals surface area contributed by atoms with Crippen molar-refractivity contribution in [2.75, 3.05) is 0 Å². The highest BCUT2D eigenvalue weighted by Crippen LogP contribution is 2.28. The van der Waals surface area contributed by atoms with Crippen molar-refractivity contribution in [1.82, 2.24) is 4.98 Å². The van der Waals surface area contributed by atoms with E-state index in [1.807, 2.05) is 0 Å². The summed E-state index contributed by atoms with van der Waals surface area (Å²) in [5, 5.41) is 1.74. The van der Waals surface area contributed by atoms with Crippen LogP contribution in [0.15, 0.2) is 24.5 Å². The molecule has 1 nitrogen and oxygen atoms in total. The van der Waals surface area contributed by atoms with Crippen LogP contribution in [0.5, 0.6) is 0 Å². The van der Waals surface area contributed by atoms with E-state index in [0.717, 1.165) is 8.96 Å². The first-order valence-electron chi connectivity index (χ1n) is 3.57. The lowest BCUT2D eigenvalue weighted by atomic mass is 10.2. The predicted octanol–water partition coefficient (Wildman–Crippen LogP) is 3.63. The first-order valence-corrected chi connectivity index (χ1v) is 5.03. The van der Waals surface area contributed by atoms with E-state index >= 15 is 0 Å². The topological polar surface area (TPSA) is 12.9 Å². The number of hydrogen-bond donors (Lipinski definition) is 0. The van der Waals surface area contributed by atoms with Crippen molar-refractivity contribution >= 4 is 45.0 Å². The van der Waals surface area contributed by atoms with Crippen LogP contribution in [0.2, 0.25) is 5.02 Å². The quantitative estimate of drug-likeness (QED) is 0.677. The molecule has 0 amide bonds. The Bertz CT molecular complexity index is 472. The molecule has 13 heavy (non-hydrogen) atoms. The molecule has 1 aromatic heterocycles. The fraction of sp³-hybridized carbons (Fsp3) is 0. The lowest BCUT2D eigenvalue weighted by Crippen LogP contribution is -1.84. The molecule has 2 rings (SSSR count). The molecule has 2 aromatic rings. The minimum Gasteiger partial charge on any atom is -0.263 e. The number of aromatic nitrogens is 1. The van der Waals surface area contributed by atoms with Gasteiger partial charge in [0.05, 0.1) is 5.02 Å². The molecule has 1 aromatic carbocycles. The van der Waals surface area contributed by atoms with Crippen molar-refractivity contribution in [3.8, 4) is 0 Å². The van der Waals surface area contributed by atoms with Crippen LogP contribution in [0, 0.1) is 9.39 Å². The van der Waals surface area contributed by atoms with Crippen LogP contribution in [-0.2, 0) is 0 Å². The zero-order valence-electron chi connectivity index (χ0n) is 6.39. The Morgan fingerprint density at radius 3 is 2.77 bits per heavy atom. The monoisotopic (exact) mass is 307 g/mol. The largest absolute Gasteiger partial charge is 0.263 e. The fourth-order valence-electron chi connectivity index (χ4n) is 1.15. The molecule has 0 aliphatic heterocycles. The van der Waals surface area contributed by atoms with Gasteiger partial charge in [-0.25, -0.2) is 4.39 Å². The van der Waals surface area contributed by atoms with Crippen LogP contribution < -0.4 is 0 Å². The minimum absolute atomic E-state index is 0.142. The molecule has 0 bridgehead atoms. The summed E-state index contributed by atoms with van der Waals surface area (Å²) in [6.45, 7) is 0. The van der Waals surface area contributed by atoms with Gasteiger partial charge < -0.3 is 0 Å². The van der Waals surface area contributed by atoms with Gasteiger partial charge in [0.1, 0.15) is 5.82 Å². The van der Waals surface area contributed by atoms with Gasteiger partial charge in [0, 0.05) is 21.4 Å². The van der Waals surface area contributed by atoms with Gasteiger partial charge in [-0.05, 0) is 34.0 Å². The van der Waals surface area contributed by atoms with E-state index in [4.69, 9.17) is 11.6 Å². The van der Waals surface area contributed by atoms with Crippen LogP contribution in [0.1, 0.15) is 0 Å². The Labute approximate surface area is 93.1 Å². The molecular weight excluding hydrogens is 303 g/mol. The van der Waals surface area contributed by atoms with Gasteiger partial charge in [-0.3, -0.25) is 4.98 Å². The van der Waals surface area contributed by atoms with Crippen molar-refractivity contribution < 1.29 is 4.39 Å². The van der Waals surface area contributed by atoms with Crippen LogP contribution >= 0.6 is 34.2 Å². The van der Waals surface area contributed by atoms with Gasteiger partial charge in [-0.15, -0.1) is 0 Å². The van der Waals surface area contributed by atoms with Crippen molar-refractivity contribution in [1.29, 1.82) is 0 Å². The molecular formula is C9H4ClFIN. The molecule has 0 atom stereocenters. The molecule has 0 unspecified atom stereocenters. The van der Waals surface area contributed by atoms with Crippen molar-refractivity contribution in [2.45, 2.75) is 0 Å². The van der Waals surface area contributed by atoms with Gasteiger partial charge in [0.15, 0.2) is 0 Å². The van der Waals surface area contributed by atoms with Crippen molar-refractivity contribution in [2.24, 2.45) is 0 Å². The van der Waals surface area contributed by atoms with Gasteiger partial charge >= 0.3 is 0 Å². The van der Waals surface area contributed by atoms with Crippen LogP contribution in [0.4, 0.5) is 4.39 Å². The summed E-state index contributed by atoms with van der Waals surface area (Å²) in [5.41, 5.74) is 0. The average molecular weight is 307 g/mol. The summed E-state index contributed by atoms with van der Waals surface area (Å²) >= 11 is 7.92. The molecule has 0 N–H and O–H groups in total. The summed E-state index contributed by atoms with van der Waals surface area (Å²) in [7, 11) is 0. The number of fused-ring (bicyclic) bond motifs is 1. The zero-order valence-corrected chi connectivity index (χ0v) is 9.30. The van der Waals surface area contributed by atoms with Gasteiger partial charge in [-0.1, -0.05) is 17.7 Å². The Morgan fingerprint density at radius 1 is 1.23 bits per heavy atom. The summed E-state index contributed by atoms with van der Waals surface area (Å²) < 4.78 is 14.0. The summed E-state index contributed by atoms with van der Waals surface area (Å²) in [6, 6.07) is 3.08. The molecule has 0 saturated heterocycles. The van der Waals surface area contributed by atoms with E-state index in [9.17, 15) is 4.39 Å². The molecule has 0 spiro atoms. The van der Waals surface area contributed by atoms with E-state index in [0.29, 0.717) is 5.39 Å². The van der Waals surface area contributed by atoms with E-state index in [1.54, 1.807) is 18.5 Å². The molecule has 1 heterocycles. The Kier molecular flexibility index (Phi) is 2.38. The molecule has 0 aliphatic carbocycles. The smallest absolute Gasteiger partial charge is 0.142 e. The third-order valence-corrected chi connectivity index (χ3v) is 3.03. The second-order valence-electron chi connectivity index (χ2n) is 2.58. The van der Waals surface area contributed by atoms with Gasteiger partial charge in [-0.2, -0.15) is 0 Å². The normalized spacial score (nSPS) is 10.7. The maximum Gasteiger partial charge on any atom is 0.142 e. The second-order valence-corrected chi connectivity index (χ2v) is 4.12. The van der Waals surface area contributed by atoms with Gasteiger partial charge in [0.25, 0.3) is 0 Å². The molecule has 4 heteroatoms. The summed E-state index contributed by atoms with van der Waals surface area (Å²) in [4.78, 5) is 3.96. The summed E-state index contributed by atoms with van der Waals surface area (Å²) in [6.07, 6.45) is 3.29. The number of nitrogens with zero attached hydrogens (tertiary/aromatic N) is 1. The number of benzene rings is 1. The zero-order chi connectivity index (χ0) is 9.42. The molecule has 0 saturated carbocycles. The van der Waals surface area contributed by atoms with Crippen LogP contribution in [0.3, 0.4) is 0 Å². The summed E-state index contributed by atoms with van der Waals surface area (Å²) in [5.74, 6) is -0.405. The van der Waals surface area contributed by atoms with Crippen molar-refractivity contribution in [3.05, 3.63) is 38.9 Å². The highest BCUT2D eigenvalue weighted by molar-refractivity contribution is 14.1. The number of pyridine rings is 1. The maximum absolute atomic E-state index is 13.0.